The molecule has 0 saturated heterocycles. The van der Waals surface area contributed by atoms with E-state index in [0.717, 1.165) is 17.0 Å². The van der Waals surface area contributed by atoms with Gasteiger partial charge in [0.25, 0.3) is 0 Å². The summed E-state index contributed by atoms with van der Waals surface area (Å²) in [5.74, 6) is 1.28. The first-order valence-corrected chi connectivity index (χ1v) is 10.3. The highest BCUT2D eigenvalue weighted by molar-refractivity contribution is 14.0. The van der Waals surface area contributed by atoms with E-state index in [0.29, 0.717) is 12.5 Å². The van der Waals surface area contributed by atoms with Crippen LogP contribution >= 0.6 is 35.3 Å². The molecule has 0 aliphatic carbocycles. The smallest absolute Gasteiger partial charge is 0.239 e. The van der Waals surface area contributed by atoms with Crippen LogP contribution in [0.5, 0.6) is 5.75 Å². The van der Waals surface area contributed by atoms with Crippen LogP contribution in [-0.4, -0.2) is 30.1 Å². The third-order valence-electron chi connectivity index (χ3n) is 3.42. The van der Waals surface area contributed by atoms with E-state index in [1.165, 1.54) is 0 Å². The Kier molecular flexibility index (Phi) is 10.5. The number of rotatable bonds is 7. The second-order valence-corrected chi connectivity index (χ2v) is 8.54. The van der Waals surface area contributed by atoms with Gasteiger partial charge in [-0.1, -0.05) is 0 Å². The summed E-state index contributed by atoms with van der Waals surface area (Å²) in [7, 11) is 0. The standard InChI is InChI=1S/C21H30N4O2S.HI/c1-15(2)27-18-8-6-17(7-9-18)24-20(22-12-16-10-11-28-14-16)23-13-19(26)25-21(3,4)5;/h6-11,14-15H,12-13H2,1-5H3,(H,25,26)(H2,22,23,24);1H. The van der Waals surface area contributed by atoms with Crippen molar-refractivity contribution >= 4 is 52.9 Å². The Morgan fingerprint density at radius 3 is 2.41 bits per heavy atom. The summed E-state index contributed by atoms with van der Waals surface area (Å²) < 4.78 is 5.67. The lowest BCUT2D eigenvalue weighted by Crippen LogP contribution is -2.46. The zero-order valence-electron chi connectivity index (χ0n) is 17.6. The van der Waals surface area contributed by atoms with Gasteiger partial charge >= 0.3 is 0 Å². The number of guanidine groups is 1. The van der Waals surface area contributed by atoms with Crippen LogP contribution in [0.1, 0.15) is 40.2 Å². The molecule has 2 aromatic rings. The highest BCUT2D eigenvalue weighted by Crippen LogP contribution is 2.17. The maximum absolute atomic E-state index is 12.1. The van der Waals surface area contributed by atoms with Gasteiger partial charge in [0, 0.05) is 11.2 Å². The Morgan fingerprint density at radius 2 is 1.86 bits per heavy atom. The number of nitrogens with zero attached hydrogens (tertiary/aromatic N) is 1. The van der Waals surface area contributed by atoms with Crippen LogP contribution < -0.4 is 20.7 Å². The van der Waals surface area contributed by atoms with Crippen molar-refractivity contribution in [2.24, 2.45) is 4.99 Å². The van der Waals surface area contributed by atoms with Crippen molar-refractivity contribution in [3.05, 3.63) is 46.7 Å². The van der Waals surface area contributed by atoms with E-state index in [4.69, 9.17) is 4.74 Å². The maximum Gasteiger partial charge on any atom is 0.239 e. The van der Waals surface area contributed by atoms with Crippen LogP contribution in [0.2, 0.25) is 0 Å². The SMILES string of the molecule is CC(C)Oc1ccc(NC(=NCc2ccsc2)NCC(=O)NC(C)(C)C)cc1.I. The molecule has 160 valence electrons. The molecular weight excluding hydrogens is 499 g/mol. The van der Waals surface area contributed by atoms with Gasteiger partial charge in [0.05, 0.1) is 19.2 Å². The zero-order valence-corrected chi connectivity index (χ0v) is 20.8. The van der Waals surface area contributed by atoms with Gasteiger partial charge in [0.15, 0.2) is 5.96 Å². The van der Waals surface area contributed by atoms with Gasteiger partial charge in [-0.05, 0) is 81.3 Å². The minimum atomic E-state index is -0.271. The lowest BCUT2D eigenvalue weighted by molar-refractivity contribution is -0.121. The van der Waals surface area contributed by atoms with Crippen molar-refractivity contribution in [2.75, 3.05) is 11.9 Å². The van der Waals surface area contributed by atoms with E-state index < -0.39 is 0 Å². The second-order valence-electron chi connectivity index (χ2n) is 7.76. The molecule has 0 bridgehead atoms. The molecule has 0 unspecified atom stereocenters. The van der Waals surface area contributed by atoms with E-state index in [1.807, 2.05) is 70.3 Å². The molecule has 0 spiro atoms. The predicted octanol–water partition coefficient (Wildman–Crippen LogP) is 4.63. The van der Waals surface area contributed by atoms with Crippen LogP contribution in [0.3, 0.4) is 0 Å². The summed E-state index contributed by atoms with van der Waals surface area (Å²) in [5.41, 5.74) is 1.72. The third kappa shape index (κ3) is 10.5. The van der Waals surface area contributed by atoms with Crippen LogP contribution in [0.25, 0.3) is 0 Å². The first kappa shape index (κ1) is 25.2. The number of hydrogen-bond donors (Lipinski definition) is 3. The number of carbonyl (C=O) groups excluding carboxylic acids is 1. The quantitative estimate of drug-likeness (QED) is 0.278. The Hall–Kier alpha value is -1.81. The van der Waals surface area contributed by atoms with Gasteiger partial charge in [0.1, 0.15) is 5.75 Å². The summed E-state index contributed by atoms with van der Waals surface area (Å²) in [6.45, 7) is 10.5. The van der Waals surface area contributed by atoms with Crippen LogP contribution in [0.15, 0.2) is 46.1 Å². The summed E-state index contributed by atoms with van der Waals surface area (Å²) in [6.07, 6.45) is 0.129. The second kappa shape index (κ2) is 12.0. The molecule has 1 aromatic heterocycles. The number of ether oxygens (including phenoxy) is 1. The molecule has 2 rings (SSSR count). The Morgan fingerprint density at radius 1 is 1.17 bits per heavy atom. The van der Waals surface area contributed by atoms with Crippen molar-refractivity contribution in [1.82, 2.24) is 10.6 Å². The molecule has 0 fully saturated rings. The number of benzene rings is 1. The molecule has 29 heavy (non-hydrogen) atoms. The highest BCUT2D eigenvalue weighted by Gasteiger charge is 2.14. The summed E-state index contributed by atoms with van der Waals surface area (Å²) in [6, 6.07) is 9.70. The number of amides is 1. The van der Waals surface area contributed by atoms with Crippen molar-refractivity contribution < 1.29 is 9.53 Å². The van der Waals surface area contributed by atoms with Crippen molar-refractivity contribution in [1.29, 1.82) is 0 Å². The number of halogens is 1. The summed E-state index contributed by atoms with van der Waals surface area (Å²) >= 11 is 1.64. The molecule has 0 radical (unpaired) electrons. The molecule has 6 nitrogen and oxygen atoms in total. The average molecular weight is 530 g/mol. The minimum absolute atomic E-state index is 0. The first-order valence-electron chi connectivity index (χ1n) is 9.35. The first-order chi connectivity index (χ1) is 13.2. The fourth-order valence-electron chi connectivity index (χ4n) is 2.34. The summed E-state index contributed by atoms with van der Waals surface area (Å²) in [4.78, 5) is 16.7. The van der Waals surface area contributed by atoms with Crippen molar-refractivity contribution in [2.45, 2.75) is 52.8 Å². The van der Waals surface area contributed by atoms with E-state index in [-0.39, 0.29) is 48.1 Å². The molecule has 8 heteroatoms. The molecule has 1 aromatic carbocycles. The number of anilines is 1. The number of nitrogens with one attached hydrogen (secondary N) is 3. The van der Waals surface area contributed by atoms with Crippen LogP contribution in [0, 0.1) is 0 Å². The Labute approximate surface area is 194 Å². The molecule has 0 aliphatic heterocycles. The van der Waals surface area contributed by atoms with Gasteiger partial charge in [-0.25, -0.2) is 4.99 Å². The van der Waals surface area contributed by atoms with E-state index in [9.17, 15) is 4.79 Å². The number of thiophene rings is 1. The fraction of sp³-hybridized carbons (Fsp3) is 0.429. The van der Waals surface area contributed by atoms with Gasteiger partial charge in [0.2, 0.25) is 5.91 Å². The van der Waals surface area contributed by atoms with Crippen molar-refractivity contribution in [3.8, 4) is 5.75 Å². The number of hydrogen-bond acceptors (Lipinski definition) is 4. The van der Waals surface area contributed by atoms with Gasteiger partial charge in [-0.3, -0.25) is 4.79 Å². The molecule has 1 heterocycles. The van der Waals surface area contributed by atoms with Gasteiger partial charge in [-0.2, -0.15) is 11.3 Å². The summed E-state index contributed by atoms with van der Waals surface area (Å²) in [5, 5.41) is 13.4. The maximum atomic E-state index is 12.1. The average Bonchev–Trinajstić information content (AvgIpc) is 3.10. The minimum Gasteiger partial charge on any atom is -0.491 e. The fourth-order valence-corrected chi connectivity index (χ4v) is 3.00. The molecule has 0 saturated carbocycles. The van der Waals surface area contributed by atoms with E-state index >= 15 is 0 Å². The normalized spacial score (nSPS) is 11.6. The largest absolute Gasteiger partial charge is 0.491 e. The lowest BCUT2D eigenvalue weighted by Gasteiger charge is -2.21. The number of carbonyl (C=O) groups is 1. The van der Waals surface area contributed by atoms with E-state index in [1.54, 1.807) is 11.3 Å². The van der Waals surface area contributed by atoms with Gasteiger partial charge < -0.3 is 20.7 Å². The zero-order chi connectivity index (χ0) is 20.6. The molecule has 1 amide bonds. The highest BCUT2D eigenvalue weighted by atomic mass is 127. The van der Waals surface area contributed by atoms with Crippen LogP contribution in [-0.2, 0) is 11.3 Å². The third-order valence-corrected chi connectivity index (χ3v) is 4.15. The van der Waals surface area contributed by atoms with Crippen LogP contribution in [0.4, 0.5) is 5.69 Å². The van der Waals surface area contributed by atoms with Crippen molar-refractivity contribution in [3.63, 3.8) is 0 Å². The Balaban J connectivity index is 0.00000420. The monoisotopic (exact) mass is 530 g/mol. The molecule has 0 atom stereocenters. The predicted molar refractivity (Wildman–Crippen MR) is 133 cm³/mol. The van der Waals surface area contributed by atoms with E-state index in [2.05, 4.69) is 26.3 Å². The molecule has 3 N–H and O–H groups in total. The molecule has 0 aliphatic rings. The topological polar surface area (TPSA) is 74.8 Å². The lowest BCUT2D eigenvalue weighted by atomic mass is 10.1. The Bertz CT molecular complexity index is 769. The van der Waals surface area contributed by atoms with Gasteiger partial charge in [-0.15, -0.1) is 24.0 Å². The molecular formula is C21H31IN4O2S. The number of aliphatic imine (C=N–C) groups is 1.